The maximum Gasteiger partial charge on any atom is 0.164 e. The molecule has 1 aliphatic heterocycles. The molecule has 2 rings (SSSR count). The van der Waals surface area contributed by atoms with Crippen molar-refractivity contribution in [2.45, 2.75) is 6.17 Å². The normalized spacial score (nSPS) is 17.5. The Morgan fingerprint density at radius 2 is 2.00 bits per heavy atom. The molecule has 20 heavy (non-hydrogen) atoms. The summed E-state index contributed by atoms with van der Waals surface area (Å²) in [5, 5.41) is 2.86. The number of rotatable bonds is 1. The van der Waals surface area contributed by atoms with Crippen molar-refractivity contribution in [1.29, 1.82) is 0 Å². The van der Waals surface area contributed by atoms with Gasteiger partial charge in [0.1, 0.15) is 5.82 Å². The van der Waals surface area contributed by atoms with Gasteiger partial charge in [-0.15, -0.1) is 0 Å². The molecule has 1 aromatic carbocycles. The number of allylic oxidation sites excluding steroid dienone is 2. The summed E-state index contributed by atoms with van der Waals surface area (Å²) in [5.74, 6) is 3.48. The Morgan fingerprint density at radius 3 is 2.70 bits per heavy atom. The van der Waals surface area contributed by atoms with Crippen LogP contribution in [0.25, 0.3) is 0 Å². The molecule has 0 saturated carbocycles. The fourth-order valence-corrected chi connectivity index (χ4v) is 1.69. The first kappa shape index (κ1) is 14.1. The number of anilines is 1. The van der Waals surface area contributed by atoms with Crippen molar-refractivity contribution in [3.8, 4) is 11.8 Å². The minimum absolute atomic E-state index is 0.147. The van der Waals surface area contributed by atoms with E-state index in [0.29, 0.717) is 5.57 Å². The van der Waals surface area contributed by atoms with Crippen LogP contribution >= 0.6 is 0 Å². The predicted octanol–water partition coefficient (Wildman–Crippen LogP) is 0.556. The molecule has 0 aromatic heterocycles. The largest absolute Gasteiger partial charge is 0.396 e. The molecule has 1 aliphatic rings. The first-order valence-corrected chi connectivity index (χ1v) is 5.90. The Morgan fingerprint density at radius 1 is 1.25 bits per heavy atom. The molecule has 1 unspecified atom stereocenters. The zero-order valence-corrected chi connectivity index (χ0v) is 10.6. The molecule has 0 saturated heterocycles. The number of halogens is 2. The number of nitrogens with one attached hydrogen (secondary N) is 1. The Hall–Kier alpha value is -2.36. The van der Waals surface area contributed by atoms with Crippen LogP contribution in [0.4, 0.5) is 14.5 Å². The van der Waals surface area contributed by atoms with Crippen LogP contribution in [-0.4, -0.2) is 12.7 Å². The molecular weight excluding hydrogens is 262 g/mol. The highest BCUT2D eigenvalue weighted by molar-refractivity contribution is 5.53. The van der Waals surface area contributed by atoms with E-state index in [4.69, 9.17) is 17.2 Å². The van der Waals surface area contributed by atoms with Crippen molar-refractivity contribution in [2.75, 3.05) is 12.3 Å². The summed E-state index contributed by atoms with van der Waals surface area (Å²) in [4.78, 5) is 0. The Labute approximate surface area is 115 Å². The number of hydrogen-bond donors (Lipinski definition) is 4. The van der Waals surface area contributed by atoms with E-state index in [1.165, 1.54) is 0 Å². The van der Waals surface area contributed by atoms with E-state index in [1.54, 1.807) is 12.3 Å². The van der Waals surface area contributed by atoms with E-state index in [2.05, 4.69) is 17.2 Å². The summed E-state index contributed by atoms with van der Waals surface area (Å²) in [6.45, 7) is 0.272. The molecule has 1 aromatic rings. The van der Waals surface area contributed by atoms with Crippen molar-refractivity contribution in [1.82, 2.24) is 5.32 Å². The number of dihydropyridines is 1. The highest BCUT2D eigenvalue weighted by atomic mass is 19.1. The first-order valence-electron chi connectivity index (χ1n) is 5.90. The van der Waals surface area contributed by atoms with Gasteiger partial charge >= 0.3 is 0 Å². The van der Waals surface area contributed by atoms with Gasteiger partial charge in [0.05, 0.1) is 17.4 Å². The van der Waals surface area contributed by atoms with Gasteiger partial charge in [0.15, 0.2) is 5.82 Å². The number of benzene rings is 1. The van der Waals surface area contributed by atoms with Gasteiger partial charge in [-0.1, -0.05) is 11.8 Å². The van der Waals surface area contributed by atoms with E-state index in [9.17, 15) is 8.78 Å². The van der Waals surface area contributed by atoms with Crippen molar-refractivity contribution in [2.24, 2.45) is 11.5 Å². The lowest BCUT2D eigenvalue weighted by Gasteiger charge is -2.19. The van der Waals surface area contributed by atoms with E-state index < -0.39 is 11.6 Å². The standard InChI is InChI=1S/C14H14F2N4/c15-11-3-4-12(18)13(16)10(11)2-1-8-5-9(6-17)14(19)20-7-8/h3-5,7,14,20H,6,17-19H2. The molecule has 0 bridgehead atoms. The smallest absolute Gasteiger partial charge is 0.164 e. The van der Waals surface area contributed by atoms with Gasteiger partial charge in [0.2, 0.25) is 0 Å². The molecule has 0 spiro atoms. The molecule has 6 heteroatoms. The van der Waals surface area contributed by atoms with Gasteiger partial charge < -0.3 is 22.5 Å². The van der Waals surface area contributed by atoms with Gasteiger partial charge in [-0.05, 0) is 23.8 Å². The van der Waals surface area contributed by atoms with E-state index in [-0.39, 0.29) is 24.0 Å². The topological polar surface area (TPSA) is 90.1 Å². The molecular formula is C14H14F2N4. The van der Waals surface area contributed by atoms with Crippen molar-refractivity contribution in [3.63, 3.8) is 0 Å². The SMILES string of the molecule is NCC1=CC(C#Cc2c(F)ccc(N)c2F)=CNC1N. The summed E-state index contributed by atoms with van der Waals surface area (Å²) in [6, 6.07) is 2.23. The Bertz CT molecular complexity index is 653. The third-order valence-electron chi connectivity index (χ3n) is 2.85. The zero-order chi connectivity index (χ0) is 14.7. The first-order chi connectivity index (χ1) is 9.52. The summed E-state index contributed by atoms with van der Waals surface area (Å²) in [7, 11) is 0. The second-order valence-corrected chi connectivity index (χ2v) is 4.24. The van der Waals surface area contributed by atoms with Crippen LogP contribution in [0.1, 0.15) is 5.56 Å². The van der Waals surface area contributed by atoms with E-state index >= 15 is 0 Å². The third-order valence-corrected chi connectivity index (χ3v) is 2.85. The fourth-order valence-electron chi connectivity index (χ4n) is 1.69. The summed E-state index contributed by atoms with van der Waals surface area (Å²) in [5.41, 5.74) is 17.4. The van der Waals surface area contributed by atoms with Crippen LogP contribution in [0.3, 0.4) is 0 Å². The van der Waals surface area contributed by atoms with E-state index in [0.717, 1.165) is 17.7 Å². The molecule has 4 nitrogen and oxygen atoms in total. The van der Waals surface area contributed by atoms with Crippen LogP contribution < -0.4 is 22.5 Å². The maximum absolute atomic E-state index is 13.7. The quantitative estimate of drug-likeness (QED) is 0.445. The lowest BCUT2D eigenvalue weighted by Crippen LogP contribution is -2.40. The van der Waals surface area contributed by atoms with Gasteiger partial charge in [-0.25, -0.2) is 8.78 Å². The third kappa shape index (κ3) is 2.79. The maximum atomic E-state index is 13.7. The van der Waals surface area contributed by atoms with Crippen molar-refractivity contribution >= 4 is 5.69 Å². The summed E-state index contributed by atoms with van der Waals surface area (Å²) >= 11 is 0. The zero-order valence-electron chi connectivity index (χ0n) is 10.6. The van der Waals surface area contributed by atoms with Crippen LogP contribution in [0, 0.1) is 23.5 Å². The van der Waals surface area contributed by atoms with Crippen molar-refractivity contribution in [3.05, 3.63) is 52.8 Å². The fraction of sp³-hybridized carbons (Fsp3) is 0.143. The minimum atomic E-state index is -0.860. The second-order valence-electron chi connectivity index (χ2n) is 4.24. The van der Waals surface area contributed by atoms with Crippen LogP contribution in [0.5, 0.6) is 0 Å². The highest BCUT2D eigenvalue weighted by Gasteiger charge is 2.12. The molecule has 1 atom stereocenters. The summed E-state index contributed by atoms with van der Waals surface area (Å²) < 4.78 is 27.2. The summed E-state index contributed by atoms with van der Waals surface area (Å²) in [6.07, 6.45) is 2.89. The van der Waals surface area contributed by atoms with Crippen LogP contribution in [0.2, 0.25) is 0 Å². The average Bonchev–Trinajstić information content (AvgIpc) is 2.44. The number of nitrogen functional groups attached to an aromatic ring is 1. The van der Waals surface area contributed by atoms with Crippen LogP contribution in [0.15, 0.2) is 35.6 Å². The monoisotopic (exact) mass is 276 g/mol. The van der Waals surface area contributed by atoms with Gasteiger partial charge in [-0.3, -0.25) is 0 Å². The Balaban J connectivity index is 2.34. The molecule has 1 heterocycles. The van der Waals surface area contributed by atoms with E-state index in [1.807, 2.05) is 0 Å². The molecule has 0 radical (unpaired) electrons. The molecule has 0 fully saturated rings. The van der Waals surface area contributed by atoms with Gasteiger partial charge in [-0.2, -0.15) is 0 Å². The minimum Gasteiger partial charge on any atom is -0.396 e. The van der Waals surface area contributed by atoms with Crippen LogP contribution in [-0.2, 0) is 0 Å². The predicted molar refractivity (Wildman–Crippen MR) is 74.0 cm³/mol. The average molecular weight is 276 g/mol. The number of nitrogens with two attached hydrogens (primary N) is 3. The number of hydrogen-bond acceptors (Lipinski definition) is 4. The van der Waals surface area contributed by atoms with Crippen molar-refractivity contribution < 1.29 is 8.78 Å². The molecule has 104 valence electrons. The highest BCUT2D eigenvalue weighted by Crippen LogP contribution is 2.17. The molecule has 7 N–H and O–H groups in total. The molecule has 0 aliphatic carbocycles. The van der Waals surface area contributed by atoms with Gasteiger partial charge in [0.25, 0.3) is 0 Å². The Kier molecular flexibility index (Phi) is 4.03. The lowest BCUT2D eigenvalue weighted by atomic mass is 10.1. The second kappa shape index (κ2) is 5.74. The lowest BCUT2D eigenvalue weighted by molar-refractivity contribution is 0.580. The molecule has 0 amide bonds. The van der Waals surface area contributed by atoms with Gasteiger partial charge in [0, 0.05) is 18.3 Å².